The molecule has 1 heterocycles. The minimum absolute atomic E-state index is 0.305. The fourth-order valence-electron chi connectivity index (χ4n) is 2.02. The molecule has 5 heteroatoms. The van der Waals surface area contributed by atoms with Crippen LogP contribution in [0.1, 0.15) is 24.0 Å². The lowest BCUT2D eigenvalue weighted by Crippen LogP contribution is -2.19. The SMILES string of the molecule is COCc1c(C(C)C(=O)O)ccc2c1OCCO2. The van der Waals surface area contributed by atoms with Gasteiger partial charge in [0.2, 0.25) is 0 Å². The fraction of sp³-hybridized carbons (Fsp3) is 0.462. The molecule has 1 atom stereocenters. The van der Waals surface area contributed by atoms with E-state index in [1.165, 1.54) is 0 Å². The first-order chi connectivity index (χ1) is 8.65. The second kappa shape index (κ2) is 5.27. The van der Waals surface area contributed by atoms with Crippen LogP contribution in [0.25, 0.3) is 0 Å². The predicted octanol–water partition coefficient (Wildman–Crippen LogP) is 1.79. The van der Waals surface area contributed by atoms with Gasteiger partial charge in [0.25, 0.3) is 0 Å². The Labute approximate surface area is 105 Å². The number of hydrogen-bond acceptors (Lipinski definition) is 4. The van der Waals surface area contributed by atoms with Crippen molar-refractivity contribution in [3.63, 3.8) is 0 Å². The topological polar surface area (TPSA) is 65.0 Å². The molecule has 0 saturated heterocycles. The maximum absolute atomic E-state index is 11.1. The van der Waals surface area contributed by atoms with Gasteiger partial charge in [-0.15, -0.1) is 0 Å². The Morgan fingerprint density at radius 2 is 2.17 bits per heavy atom. The van der Waals surface area contributed by atoms with Crippen molar-refractivity contribution in [2.45, 2.75) is 19.4 Å². The van der Waals surface area contributed by atoms with Crippen LogP contribution in [0.3, 0.4) is 0 Å². The number of aliphatic carboxylic acids is 1. The van der Waals surface area contributed by atoms with Crippen LogP contribution in [0.2, 0.25) is 0 Å². The molecule has 18 heavy (non-hydrogen) atoms. The number of rotatable bonds is 4. The average molecular weight is 252 g/mol. The number of hydrogen-bond donors (Lipinski definition) is 1. The van der Waals surface area contributed by atoms with Gasteiger partial charge in [-0.3, -0.25) is 4.79 Å². The quantitative estimate of drug-likeness (QED) is 0.885. The van der Waals surface area contributed by atoms with Gasteiger partial charge in [-0.25, -0.2) is 0 Å². The van der Waals surface area contributed by atoms with Gasteiger partial charge < -0.3 is 19.3 Å². The summed E-state index contributed by atoms with van der Waals surface area (Å²) in [5, 5.41) is 9.12. The summed E-state index contributed by atoms with van der Waals surface area (Å²) in [6.45, 7) is 2.92. The molecule has 0 radical (unpaired) electrons. The summed E-state index contributed by atoms with van der Waals surface area (Å²) in [5.41, 5.74) is 1.46. The number of carboxylic acid groups (broad SMARTS) is 1. The normalized spacial score (nSPS) is 15.2. The van der Waals surface area contributed by atoms with Crippen LogP contribution in [0.5, 0.6) is 11.5 Å². The zero-order chi connectivity index (χ0) is 13.1. The molecule has 0 bridgehead atoms. The molecule has 2 rings (SSSR count). The van der Waals surface area contributed by atoms with Gasteiger partial charge in [0.05, 0.1) is 12.5 Å². The summed E-state index contributed by atoms with van der Waals surface area (Å²) >= 11 is 0. The monoisotopic (exact) mass is 252 g/mol. The van der Waals surface area contributed by atoms with Gasteiger partial charge in [-0.2, -0.15) is 0 Å². The van der Waals surface area contributed by atoms with Crippen LogP contribution in [-0.4, -0.2) is 31.4 Å². The van der Waals surface area contributed by atoms with Crippen LogP contribution >= 0.6 is 0 Å². The maximum atomic E-state index is 11.1. The van der Waals surface area contributed by atoms with Crippen molar-refractivity contribution >= 4 is 5.97 Å². The lowest BCUT2D eigenvalue weighted by molar-refractivity contribution is -0.138. The molecule has 0 fully saturated rings. The largest absolute Gasteiger partial charge is 0.486 e. The van der Waals surface area contributed by atoms with Gasteiger partial charge in [0.15, 0.2) is 11.5 Å². The predicted molar refractivity (Wildman–Crippen MR) is 64.2 cm³/mol. The van der Waals surface area contributed by atoms with Gasteiger partial charge in [-0.1, -0.05) is 6.07 Å². The van der Waals surface area contributed by atoms with Crippen LogP contribution < -0.4 is 9.47 Å². The highest BCUT2D eigenvalue weighted by molar-refractivity contribution is 5.77. The van der Waals surface area contributed by atoms with E-state index >= 15 is 0 Å². The Kier molecular flexibility index (Phi) is 3.72. The van der Waals surface area contributed by atoms with Gasteiger partial charge >= 0.3 is 5.97 Å². The smallest absolute Gasteiger partial charge is 0.310 e. The summed E-state index contributed by atoms with van der Waals surface area (Å²) < 4.78 is 16.2. The lowest BCUT2D eigenvalue weighted by Gasteiger charge is -2.24. The Balaban J connectivity index is 2.49. The highest BCUT2D eigenvalue weighted by Crippen LogP contribution is 2.38. The molecule has 1 N–H and O–H groups in total. The average Bonchev–Trinajstić information content (AvgIpc) is 2.38. The number of carboxylic acids is 1. The Morgan fingerprint density at radius 1 is 1.44 bits per heavy atom. The zero-order valence-corrected chi connectivity index (χ0v) is 10.4. The highest BCUT2D eigenvalue weighted by Gasteiger charge is 2.24. The molecule has 98 valence electrons. The van der Waals surface area contributed by atoms with E-state index in [-0.39, 0.29) is 0 Å². The molecule has 0 amide bonds. The van der Waals surface area contributed by atoms with Crippen LogP contribution in [0.15, 0.2) is 12.1 Å². The molecule has 1 unspecified atom stereocenters. The molecule has 1 aliphatic rings. The van der Waals surface area contributed by atoms with E-state index in [0.717, 1.165) is 5.56 Å². The summed E-state index contributed by atoms with van der Waals surface area (Å²) in [4.78, 5) is 11.1. The van der Waals surface area contributed by atoms with Gasteiger partial charge in [-0.05, 0) is 18.6 Å². The van der Waals surface area contributed by atoms with Crippen molar-refractivity contribution < 1.29 is 24.1 Å². The molecule has 1 aromatic carbocycles. The van der Waals surface area contributed by atoms with E-state index in [1.54, 1.807) is 26.2 Å². The van der Waals surface area contributed by atoms with Crippen molar-refractivity contribution in [3.8, 4) is 11.5 Å². The van der Waals surface area contributed by atoms with Crippen molar-refractivity contribution in [2.75, 3.05) is 20.3 Å². The minimum atomic E-state index is -0.871. The third-order valence-electron chi connectivity index (χ3n) is 2.97. The molecule has 1 aliphatic heterocycles. The number of methoxy groups -OCH3 is 1. The summed E-state index contributed by atoms with van der Waals surface area (Å²) in [5.74, 6) is -0.224. The number of benzene rings is 1. The summed E-state index contributed by atoms with van der Waals surface area (Å²) in [7, 11) is 1.57. The Bertz CT molecular complexity index is 455. The first kappa shape index (κ1) is 12.7. The molecular formula is C13H16O5. The first-order valence-electron chi connectivity index (χ1n) is 5.78. The van der Waals surface area contributed by atoms with E-state index in [1.807, 2.05) is 0 Å². The second-order valence-corrected chi connectivity index (χ2v) is 4.15. The molecule has 0 spiro atoms. The molecule has 1 aromatic rings. The van der Waals surface area contributed by atoms with Gasteiger partial charge in [0.1, 0.15) is 13.2 Å². The summed E-state index contributed by atoms with van der Waals surface area (Å²) in [6, 6.07) is 3.52. The van der Waals surface area contributed by atoms with E-state index in [4.69, 9.17) is 19.3 Å². The highest BCUT2D eigenvalue weighted by atomic mass is 16.6. The third kappa shape index (κ3) is 2.26. The number of carbonyl (C=O) groups is 1. The van der Waals surface area contributed by atoms with Crippen molar-refractivity contribution in [2.24, 2.45) is 0 Å². The molecule has 0 aliphatic carbocycles. The molecular weight excluding hydrogens is 236 g/mol. The summed E-state index contributed by atoms with van der Waals surface area (Å²) in [6.07, 6.45) is 0. The van der Waals surface area contributed by atoms with Crippen molar-refractivity contribution in [3.05, 3.63) is 23.3 Å². The Morgan fingerprint density at radius 3 is 2.83 bits per heavy atom. The van der Waals surface area contributed by atoms with Gasteiger partial charge in [0, 0.05) is 12.7 Å². The van der Waals surface area contributed by atoms with E-state index in [0.29, 0.717) is 36.9 Å². The van der Waals surface area contributed by atoms with Crippen LogP contribution in [0.4, 0.5) is 0 Å². The standard InChI is InChI=1S/C13H16O5/c1-8(13(14)15)9-3-4-11-12(10(9)7-16-2)18-6-5-17-11/h3-4,8H,5-7H2,1-2H3,(H,14,15). The number of fused-ring (bicyclic) bond motifs is 1. The minimum Gasteiger partial charge on any atom is -0.486 e. The van der Waals surface area contributed by atoms with Crippen LogP contribution in [0, 0.1) is 0 Å². The third-order valence-corrected chi connectivity index (χ3v) is 2.97. The van der Waals surface area contributed by atoms with E-state index < -0.39 is 11.9 Å². The lowest BCUT2D eigenvalue weighted by atomic mass is 9.95. The Hall–Kier alpha value is -1.75. The second-order valence-electron chi connectivity index (χ2n) is 4.15. The fourth-order valence-corrected chi connectivity index (χ4v) is 2.02. The molecule has 0 saturated carbocycles. The van der Waals surface area contributed by atoms with Crippen LogP contribution in [-0.2, 0) is 16.1 Å². The maximum Gasteiger partial charge on any atom is 0.310 e. The van der Waals surface area contributed by atoms with E-state index in [2.05, 4.69) is 0 Å². The first-order valence-corrected chi connectivity index (χ1v) is 5.78. The zero-order valence-electron chi connectivity index (χ0n) is 10.4. The van der Waals surface area contributed by atoms with E-state index in [9.17, 15) is 4.79 Å². The molecule has 5 nitrogen and oxygen atoms in total. The van der Waals surface area contributed by atoms with Crippen molar-refractivity contribution in [1.29, 1.82) is 0 Å². The van der Waals surface area contributed by atoms with Crippen molar-refractivity contribution in [1.82, 2.24) is 0 Å². The number of ether oxygens (including phenoxy) is 3. The molecule has 0 aromatic heterocycles.